The first-order chi connectivity index (χ1) is 13.5. The van der Waals surface area contributed by atoms with Gasteiger partial charge in [0.15, 0.2) is 10.8 Å². The summed E-state index contributed by atoms with van der Waals surface area (Å²) in [6, 6.07) is 8.83. The number of hydrogen-bond acceptors (Lipinski definition) is 6. The molecule has 8 heteroatoms. The molecule has 7 nitrogen and oxygen atoms in total. The summed E-state index contributed by atoms with van der Waals surface area (Å²) < 4.78 is 5.57. The molecule has 1 aliphatic heterocycles. The van der Waals surface area contributed by atoms with Crippen LogP contribution in [0.5, 0.6) is 0 Å². The molecular formula is C20H20N4O3S. The molecule has 3 heterocycles. The number of nitrogens with zero attached hydrogens (tertiary/aromatic N) is 2. The second-order valence-electron chi connectivity index (χ2n) is 6.69. The highest BCUT2D eigenvalue weighted by Gasteiger charge is 2.20. The number of carbonyl (C=O) groups is 2. The number of hydrogen-bond donors (Lipinski definition) is 2. The van der Waals surface area contributed by atoms with Gasteiger partial charge in [-0.05, 0) is 50.1 Å². The van der Waals surface area contributed by atoms with Crippen molar-refractivity contribution in [3.8, 4) is 10.8 Å². The number of nitrogens with two attached hydrogens (primary N) is 1. The first-order valence-corrected chi connectivity index (χ1v) is 9.92. The van der Waals surface area contributed by atoms with Gasteiger partial charge >= 0.3 is 0 Å². The van der Waals surface area contributed by atoms with Gasteiger partial charge in [0.1, 0.15) is 11.5 Å². The number of rotatable bonds is 5. The van der Waals surface area contributed by atoms with Crippen LogP contribution < -0.4 is 16.0 Å². The lowest BCUT2D eigenvalue weighted by molar-refractivity contribution is 0.0995. The predicted molar refractivity (Wildman–Crippen MR) is 109 cm³/mol. The van der Waals surface area contributed by atoms with Crippen LogP contribution in [0.25, 0.3) is 10.8 Å². The number of aryl methyl sites for hydroxylation is 1. The standard InChI is InChI=1S/C20H20N4O3S/c1-12-4-7-17(27-12)20-23-15(11-28-20)19(26)22-14-10-13(18(21)25)5-6-16(14)24-8-2-3-9-24/h4-7,10-11H,2-3,8-9H2,1H3,(H2,21,25)(H,22,26). The van der Waals surface area contributed by atoms with Crippen LogP contribution in [0, 0.1) is 6.92 Å². The van der Waals surface area contributed by atoms with Crippen LogP contribution >= 0.6 is 11.3 Å². The number of benzene rings is 1. The number of thiazole rings is 1. The van der Waals surface area contributed by atoms with E-state index in [9.17, 15) is 9.59 Å². The van der Waals surface area contributed by atoms with Crippen LogP contribution in [0.4, 0.5) is 11.4 Å². The van der Waals surface area contributed by atoms with Crippen LogP contribution in [-0.4, -0.2) is 29.9 Å². The third-order valence-corrected chi connectivity index (χ3v) is 5.52. The molecule has 0 spiro atoms. The molecule has 2 aromatic heterocycles. The summed E-state index contributed by atoms with van der Waals surface area (Å²) >= 11 is 1.34. The van der Waals surface area contributed by atoms with Crippen LogP contribution in [0.1, 0.15) is 39.4 Å². The highest BCUT2D eigenvalue weighted by Crippen LogP contribution is 2.31. The van der Waals surface area contributed by atoms with E-state index in [1.807, 2.05) is 25.1 Å². The number of furan rings is 1. The van der Waals surface area contributed by atoms with Gasteiger partial charge in [0.2, 0.25) is 5.91 Å². The van der Waals surface area contributed by atoms with E-state index in [0.29, 0.717) is 27.7 Å². The molecule has 4 rings (SSSR count). The van der Waals surface area contributed by atoms with E-state index >= 15 is 0 Å². The Labute approximate surface area is 166 Å². The summed E-state index contributed by atoms with van der Waals surface area (Å²) in [4.78, 5) is 30.9. The first kappa shape index (κ1) is 18.2. The van der Waals surface area contributed by atoms with Crippen LogP contribution in [0.3, 0.4) is 0 Å². The minimum absolute atomic E-state index is 0.297. The number of anilines is 2. The van der Waals surface area contributed by atoms with Crippen LogP contribution in [0.15, 0.2) is 40.1 Å². The van der Waals surface area contributed by atoms with Gasteiger partial charge in [-0.15, -0.1) is 11.3 Å². The van der Waals surface area contributed by atoms with E-state index in [4.69, 9.17) is 10.2 Å². The van der Waals surface area contributed by atoms with Crippen molar-refractivity contribution >= 4 is 34.5 Å². The Balaban J connectivity index is 1.60. The van der Waals surface area contributed by atoms with Gasteiger partial charge in [-0.2, -0.15) is 0 Å². The molecular weight excluding hydrogens is 376 g/mol. The van der Waals surface area contributed by atoms with Gasteiger partial charge < -0.3 is 20.4 Å². The molecule has 0 atom stereocenters. The summed E-state index contributed by atoms with van der Waals surface area (Å²) in [6.45, 7) is 3.69. The normalized spacial score (nSPS) is 13.7. The number of primary amides is 1. The zero-order chi connectivity index (χ0) is 19.7. The molecule has 0 bridgehead atoms. The van der Waals surface area contributed by atoms with Crippen molar-refractivity contribution in [1.82, 2.24) is 4.98 Å². The molecule has 1 fully saturated rings. The van der Waals surface area contributed by atoms with Crippen LogP contribution in [-0.2, 0) is 0 Å². The van der Waals surface area contributed by atoms with Crippen molar-refractivity contribution in [2.24, 2.45) is 5.73 Å². The smallest absolute Gasteiger partial charge is 0.275 e. The van der Waals surface area contributed by atoms with E-state index in [1.165, 1.54) is 11.3 Å². The molecule has 3 N–H and O–H groups in total. The Hall–Kier alpha value is -3.13. The fourth-order valence-corrected chi connectivity index (χ4v) is 4.01. The number of nitrogens with one attached hydrogen (secondary N) is 1. The maximum Gasteiger partial charge on any atom is 0.275 e. The minimum Gasteiger partial charge on any atom is -0.459 e. The maximum absolute atomic E-state index is 12.8. The Morgan fingerprint density at radius 2 is 2.00 bits per heavy atom. The zero-order valence-electron chi connectivity index (χ0n) is 15.4. The maximum atomic E-state index is 12.8. The lowest BCUT2D eigenvalue weighted by Gasteiger charge is -2.22. The molecule has 0 radical (unpaired) electrons. The molecule has 28 heavy (non-hydrogen) atoms. The molecule has 144 valence electrons. The molecule has 1 aliphatic rings. The average molecular weight is 396 g/mol. The highest BCUT2D eigenvalue weighted by molar-refractivity contribution is 7.13. The fourth-order valence-electron chi connectivity index (χ4n) is 3.25. The topological polar surface area (TPSA) is 101 Å². The molecule has 3 aromatic rings. The van der Waals surface area contributed by atoms with Crippen molar-refractivity contribution in [3.05, 3.63) is 52.7 Å². The minimum atomic E-state index is -0.535. The van der Waals surface area contributed by atoms with E-state index in [2.05, 4.69) is 15.2 Å². The lowest BCUT2D eigenvalue weighted by Crippen LogP contribution is -2.22. The number of aromatic nitrogens is 1. The Morgan fingerprint density at radius 1 is 1.21 bits per heavy atom. The van der Waals surface area contributed by atoms with Gasteiger partial charge in [0.05, 0.1) is 11.4 Å². The van der Waals surface area contributed by atoms with E-state index in [-0.39, 0.29) is 5.91 Å². The molecule has 0 unspecified atom stereocenters. The summed E-state index contributed by atoms with van der Waals surface area (Å²) in [5.41, 5.74) is 7.50. The van der Waals surface area contributed by atoms with Crippen LogP contribution in [0.2, 0.25) is 0 Å². The third kappa shape index (κ3) is 3.63. The molecule has 0 aliphatic carbocycles. The summed E-state index contributed by atoms with van der Waals surface area (Å²) in [5, 5.41) is 5.23. The van der Waals surface area contributed by atoms with Gasteiger partial charge in [0.25, 0.3) is 5.91 Å². The number of amides is 2. The largest absolute Gasteiger partial charge is 0.459 e. The second-order valence-corrected chi connectivity index (χ2v) is 7.55. The predicted octanol–water partition coefficient (Wildman–Crippen LogP) is 3.66. The Kier molecular flexibility index (Phi) is 4.87. The zero-order valence-corrected chi connectivity index (χ0v) is 16.2. The average Bonchev–Trinajstić information content (AvgIpc) is 3.43. The van der Waals surface area contributed by atoms with Crippen molar-refractivity contribution in [2.45, 2.75) is 19.8 Å². The summed E-state index contributed by atoms with van der Waals surface area (Å²) in [7, 11) is 0. The SMILES string of the molecule is Cc1ccc(-c2nc(C(=O)Nc3cc(C(N)=O)ccc3N3CCCC3)cs2)o1. The second kappa shape index (κ2) is 7.47. The lowest BCUT2D eigenvalue weighted by atomic mass is 10.1. The summed E-state index contributed by atoms with van der Waals surface area (Å²) in [6.07, 6.45) is 2.20. The van der Waals surface area contributed by atoms with E-state index in [0.717, 1.165) is 37.4 Å². The summed E-state index contributed by atoms with van der Waals surface area (Å²) in [5.74, 6) is 0.546. The van der Waals surface area contributed by atoms with Crippen molar-refractivity contribution in [3.63, 3.8) is 0 Å². The monoisotopic (exact) mass is 396 g/mol. The van der Waals surface area contributed by atoms with E-state index < -0.39 is 5.91 Å². The third-order valence-electron chi connectivity index (χ3n) is 4.66. The molecule has 2 amide bonds. The first-order valence-electron chi connectivity index (χ1n) is 9.04. The highest BCUT2D eigenvalue weighted by atomic mass is 32.1. The van der Waals surface area contributed by atoms with E-state index in [1.54, 1.807) is 17.5 Å². The van der Waals surface area contributed by atoms with Crippen molar-refractivity contribution in [1.29, 1.82) is 0 Å². The molecule has 0 saturated carbocycles. The quantitative estimate of drug-likeness (QED) is 0.685. The fraction of sp³-hybridized carbons (Fsp3) is 0.250. The molecule has 1 saturated heterocycles. The van der Waals surface area contributed by atoms with Crippen molar-refractivity contribution < 1.29 is 14.0 Å². The van der Waals surface area contributed by atoms with Gasteiger partial charge in [-0.1, -0.05) is 0 Å². The number of carbonyl (C=O) groups excluding carboxylic acids is 2. The molecule has 1 aromatic carbocycles. The van der Waals surface area contributed by atoms with Gasteiger partial charge in [-0.25, -0.2) is 4.98 Å². The van der Waals surface area contributed by atoms with Gasteiger partial charge in [-0.3, -0.25) is 9.59 Å². The van der Waals surface area contributed by atoms with Crippen molar-refractivity contribution in [2.75, 3.05) is 23.3 Å². The Bertz CT molecular complexity index is 1030. The van der Waals surface area contributed by atoms with Gasteiger partial charge in [0, 0.05) is 24.0 Å². The Morgan fingerprint density at radius 3 is 2.68 bits per heavy atom.